The lowest BCUT2D eigenvalue weighted by Crippen LogP contribution is -2.47. The zero-order valence-corrected chi connectivity index (χ0v) is 12.8. The van der Waals surface area contributed by atoms with Gasteiger partial charge in [0, 0.05) is 50.5 Å². The van der Waals surface area contributed by atoms with Gasteiger partial charge >= 0.3 is 0 Å². The summed E-state index contributed by atoms with van der Waals surface area (Å²) in [6.07, 6.45) is 1.74. The number of carbonyl (C=O) groups is 1. The Morgan fingerprint density at radius 3 is 2.48 bits per heavy atom. The number of amides is 1. The molecule has 1 aromatic rings. The van der Waals surface area contributed by atoms with Gasteiger partial charge in [-0.3, -0.25) is 4.79 Å². The molecule has 1 aliphatic rings. The lowest BCUT2D eigenvalue weighted by Gasteiger charge is -2.34. The summed E-state index contributed by atoms with van der Waals surface area (Å²) >= 11 is 0. The van der Waals surface area contributed by atoms with E-state index in [-0.39, 0.29) is 5.91 Å². The number of carbonyl (C=O) groups excluding carboxylic acids is 1. The molecule has 0 bridgehead atoms. The largest absolute Gasteiger partial charge is 0.399 e. The van der Waals surface area contributed by atoms with Crippen LogP contribution in [0.3, 0.4) is 0 Å². The van der Waals surface area contributed by atoms with Crippen molar-refractivity contribution < 1.29 is 4.79 Å². The van der Waals surface area contributed by atoms with Crippen LogP contribution in [0.25, 0.3) is 0 Å². The van der Waals surface area contributed by atoms with Crippen LogP contribution in [0.15, 0.2) is 24.3 Å². The summed E-state index contributed by atoms with van der Waals surface area (Å²) in [6.45, 7) is 8.58. The minimum Gasteiger partial charge on any atom is -0.399 e. The number of nitrogens with two attached hydrogens (primary N) is 1. The van der Waals surface area contributed by atoms with Crippen molar-refractivity contribution in [2.45, 2.75) is 19.8 Å². The summed E-state index contributed by atoms with van der Waals surface area (Å²) in [4.78, 5) is 16.8. The molecule has 1 amide bonds. The quantitative estimate of drug-likeness (QED) is 0.782. The standard InChI is InChI=1S/C16H26N4O/c1-2-7-19-9-11-20(12-10-19)8-6-16(21)18-15-5-3-4-14(17)13-15/h3-5,13H,2,6-12,17H2,1H3,(H,18,21). The molecule has 116 valence electrons. The Morgan fingerprint density at radius 1 is 1.19 bits per heavy atom. The van der Waals surface area contributed by atoms with E-state index in [4.69, 9.17) is 5.73 Å². The molecule has 21 heavy (non-hydrogen) atoms. The van der Waals surface area contributed by atoms with E-state index in [0.717, 1.165) is 38.4 Å². The predicted molar refractivity (Wildman–Crippen MR) is 87.3 cm³/mol. The van der Waals surface area contributed by atoms with E-state index in [0.29, 0.717) is 12.1 Å². The van der Waals surface area contributed by atoms with E-state index in [9.17, 15) is 4.79 Å². The van der Waals surface area contributed by atoms with Crippen LogP contribution in [0.4, 0.5) is 11.4 Å². The smallest absolute Gasteiger partial charge is 0.225 e. The van der Waals surface area contributed by atoms with E-state index >= 15 is 0 Å². The maximum Gasteiger partial charge on any atom is 0.225 e. The molecule has 2 rings (SSSR count). The molecule has 1 aliphatic heterocycles. The molecular formula is C16H26N4O. The Labute approximate surface area is 127 Å². The zero-order valence-electron chi connectivity index (χ0n) is 12.8. The third-order valence-corrected chi connectivity index (χ3v) is 3.83. The van der Waals surface area contributed by atoms with Gasteiger partial charge in [0.2, 0.25) is 5.91 Å². The number of hydrogen-bond acceptors (Lipinski definition) is 4. The number of nitrogens with one attached hydrogen (secondary N) is 1. The Morgan fingerprint density at radius 2 is 1.86 bits per heavy atom. The van der Waals surface area contributed by atoms with Crippen LogP contribution < -0.4 is 11.1 Å². The van der Waals surface area contributed by atoms with Crippen molar-refractivity contribution in [2.75, 3.05) is 50.3 Å². The van der Waals surface area contributed by atoms with Crippen LogP contribution in [0.1, 0.15) is 19.8 Å². The van der Waals surface area contributed by atoms with E-state index < -0.39 is 0 Å². The molecule has 0 radical (unpaired) electrons. The van der Waals surface area contributed by atoms with Gasteiger partial charge in [0.15, 0.2) is 0 Å². The highest BCUT2D eigenvalue weighted by Crippen LogP contribution is 2.12. The first kappa shape index (κ1) is 15.8. The Bertz CT molecular complexity index is 455. The SMILES string of the molecule is CCCN1CCN(CCC(=O)Nc2cccc(N)c2)CC1. The van der Waals surface area contributed by atoms with Gasteiger partial charge in [-0.1, -0.05) is 13.0 Å². The highest BCUT2D eigenvalue weighted by molar-refractivity contribution is 5.91. The van der Waals surface area contributed by atoms with Gasteiger partial charge in [-0.25, -0.2) is 0 Å². The maximum atomic E-state index is 11.9. The summed E-state index contributed by atoms with van der Waals surface area (Å²) in [5.74, 6) is 0.0524. The molecule has 0 saturated carbocycles. The van der Waals surface area contributed by atoms with Crippen LogP contribution in [-0.2, 0) is 4.79 Å². The van der Waals surface area contributed by atoms with Crippen LogP contribution in [-0.4, -0.2) is 55.0 Å². The number of benzene rings is 1. The van der Waals surface area contributed by atoms with Gasteiger partial charge in [-0.15, -0.1) is 0 Å². The molecule has 1 aromatic carbocycles. The Balaban J connectivity index is 1.68. The lowest BCUT2D eigenvalue weighted by molar-refractivity contribution is -0.116. The van der Waals surface area contributed by atoms with Crippen molar-refractivity contribution in [1.82, 2.24) is 9.80 Å². The first-order valence-corrected chi connectivity index (χ1v) is 7.77. The average molecular weight is 290 g/mol. The molecule has 1 saturated heterocycles. The first-order valence-electron chi connectivity index (χ1n) is 7.77. The van der Waals surface area contributed by atoms with Gasteiger partial charge in [0.25, 0.3) is 0 Å². The van der Waals surface area contributed by atoms with Gasteiger partial charge in [0.05, 0.1) is 0 Å². The normalized spacial score (nSPS) is 16.8. The van der Waals surface area contributed by atoms with Crippen LogP contribution >= 0.6 is 0 Å². The Hall–Kier alpha value is -1.59. The van der Waals surface area contributed by atoms with Crippen molar-refractivity contribution in [1.29, 1.82) is 0 Å². The summed E-state index contributed by atoms with van der Waals surface area (Å²) < 4.78 is 0. The average Bonchev–Trinajstić information content (AvgIpc) is 2.47. The molecular weight excluding hydrogens is 264 g/mol. The van der Waals surface area contributed by atoms with E-state index in [2.05, 4.69) is 22.0 Å². The van der Waals surface area contributed by atoms with Crippen LogP contribution in [0.2, 0.25) is 0 Å². The first-order chi connectivity index (χ1) is 10.2. The van der Waals surface area contributed by atoms with Gasteiger partial charge in [-0.05, 0) is 31.2 Å². The molecule has 5 heteroatoms. The summed E-state index contributed by atoms with van der Waals surface area (Å²) in [6, 6.07) is 7.29. The highest BCUT2D eigenvalue weighted by atomic mass is 16.1. The van der Waals surface area contributed by atoms with Gasteiger partial charge in [0.1, 0.15) is 0 Å². The summed E-state index contributed by atoms with van der Waals surface area (Å²) in [5.41, 5.74) is 7.14. The van der Waals surface area contributed by atoms with Crippen LogP contribution in [0.5, 0.6) is 0 Å². The van der Waals surface area contributed by atoms with E-state index in [1.165, 1.54) is 13.0 Å². The lowest BCUT2D eigenvalue weighted by atomic mass is 10.2. The maximum absolute atomic E-state index is 11.9. The summed E-state index contributed by atoms with van der Waals surface area (Å²) in [5, 5.41) is 2.90. The highest BCUT2D eigenvalue weighted by Gasteiger charge is 2.16. The van der Waals surface area contributed by atoms with Crippen LogP contribution in [0, 0.1) is 0 Å². The fourth-order valence-corrected chi connectivity index (χ4v) is 2.65. The number of nitrogen functional groups attached to an aromatic ring is 1. The molecule has 0 unspecified atom stereocenters. The topological polar surface area (TPSA) is 61.6 Å². The van der Waals surface area contributed by atoms with Gasteiger partial charge in [-0.2, -0.15) is 0 Å². The fourth-order valence-electron chi connectivity index (χ4n) is 2.65. The molecule has 0 atom stereocenters. The van der Waals surface area contributed by atoms with E-state index in [1.54, 1.807) is 6.07 Å². The molecule has 3 N–H and O–H groups in total. The van der Waals surface area contributed by atoms with Crippen molar-refractivity contribution >= 4 is 17.3 Å². The number of nitrogens with zero attached hydrogens (tertiary/aromatic N) is 2. The van der Waals surface area contributed by atoms with Crippen molar-refractivity contribution in [3.63, 3.8) is 0 Å². The number of rotatable bonds is 6. The minimum absolute atomic E-state index is 0.0524. The molecule has 0 aromatic heterocycles. The second kappa shape index (κ2) is 8.00. The molecule has 0 aliphatic carbocycles. The minimum atomic E-state index is 0.0524. The fraction of sp³-hybridized carbons (Fsp3) is 0.562. The number of hydrogen-bond donors (Lipinski definition) is 2. The van der Waals surface area contributed by atoms with Gasteiger partial charge < -0.3 is 20.9 Å². The summed E-state index contributed by atoms with van der Waals surface area (Å²) in [7, 11) is 0. The van der Waals surface area contributed by atoms with Crippen molar-refractivity contribution in [2.24, 2.45) is 0 Å². The monoisotopic (exact) mass is 290 g/mol. The predicted octanol–water partition coefficient (Wildman–Crippen LogP) is 1.62. The molecule has 0 spiro atoms. The third-order valence-electron chi connectivity index (χ3n) is 3.83. The van der Waals surface area contributed by atoms with E-state index in [1.807, 2.05) is 18.2 Å². The number of anilines is 2. The molecule has 1 fully saturated rings. The van der Waals surface area contributed by atoms with Crippen molar-refractivity contribution in [3.05, 3.63) is 24.3 Å². The third kappa shape index (κ3) is 5.36. The molecule has 5 nitrogen and oxygen atoms in total. The van der Waals surface area contributed by atoms with Crippen molar-refractivity contribution in [3.8, 4) is 0 Å². The second-order valence-corrected chi connectivity index (χ2v) is 5.61. The second-order valence-electron chi connectivity index (χ2n) is 5.61. The Kier molecular flexibility index (Phi) is 6.02. The number of piperazine rings is 1. The molecule has 1 heterocycles. The zero-order chi connectivity index (χ0) is 15.1.